The number of nitro groups is 1. The summed E-state index contributed by atoms with van der Waals surface area (Å²) in [6.07, 6.45) is 2.43. The second-order valence-corrected chi connectivity index (χ2v) is 8.98. The van der Waals surface area contributed by atoms with Gasteiger partial charge in [0, 0.05) is 11.5 Å². The first-order chi connectivity index (χ1) is 16.9. The molecule has 1 aliphatic heterocycles. The van der Waals surface area contributed by atoms with Gasteiger partial charge in [0.2, 0.25) is 6.54 Å². The van der Waals surface area contributed by atoms with Crippen LogP contribution in [0.15, 0.2) is 42.5 Å². The molecule has 0 N–H and O–H groups in total. The molecule has 1 heterocycles. The van der Waals surface area contributed by atoms with Crippen molar-refractivity contribution in [2.45, 2.75) is 71.2 Å². The molecule has 190 valence electrons. The number of para-hydroxylation sites is 1. The minimum absolute atomic E-state index is 0.0852. The monoisotopic (exact) mass is 485 g/mol. The highest BCUT2D eigenvalue weighted by Gasteiger charge is 2.26. The lowest BCUT2D eigenvalue weighted by Crippen LogP contribution is -2.23. The zero-order chi connectivity index (χ0) is 25.2. The molecule has 1 fully saturated rings. The van der Waals surface area contributed by atoms with Crippen molar-refractivity contribution in [1.29, 1.82) is 0 Å². The molecule has 0 spiro atoms. The summed E-state index contributed by atoms with van der Waals surface area (Å²) >= 11 is 0. The van der Waals surface area contributed by atoms with Crippen LogP contribution in [0.2, 0.25) is 0 Å². The highest BCUT2D eigenvalue weighted by Crippen LogP contribution is 2.34. The number of carbonyl (C=O) groups excluding carboxylic acids is 1. The fourth-order valence-corrected chi connectivity index (χ4v) is 4.25. The summed E-state index contributed by atoms with van der Waals surface area (Å²) < 4.78 is 23.0. The summed E-state index contributed by atoms with van der Waals surface area (Å²) in [5, 5.41) is 11.4. The van der Waals surface area contributed by atoms with Crippen LogP contribution in [0.1, 0.15) is 75.0 Å². The fourth-order valence-electron chi connectivity index (χ4n) is 4.25. The number of nitrogens with zero attached hydrogens (tertiary/aromatic N) is 1. The topological polar surface area (TPSA) is 97.1 Å². The van der Waals surface area contributed by atoms with Crippen molar-refractivity contribution in [3.63, 3.8) is 0 Å². The van der Waals surface area contributed by atoms with Gasteiger partial charge in [0.1, 0.15) is 11.5 Å². The van der Waals surface area contributed by atoms with Gasteiger partial charge in [0.25, 0.3) is 0 Å². The van der Waals surface area contributed by atoms with E-state index in [2.05, 4.69) is 13.8 Å². The van der Waals surface area contributed by atoms with Gasteiger partial charge in [-0.05, 0) is 67.0 Å². The summed E-state index contributed by atoms with van der Waals surface area (Å²) in [6, 6.07) is 13.3. The van der Waals surface area contributed by atoms with Gasteiger partial charge >= 0.3 is 5.97 Å². The van der Waals surface area contributed by atoms with Crippen molar-refractivity contribution in [3.05, 3.63) is 69.3 Å². The molecule has 2 aromatic rings. The van der Waals surface area contributed by atoms with Crippen LogP contribution in [0.5, 0.6) is 11.5 Å². The highest BCUT2D eigenvalue weighted by atomic mass is 16.7. The van der Waals surface area contributed by atoms with Crippen molar-refractivity contribution in [3.8, 4) is 11.5 Å². The Kier molecular flexibility index (Phi) is 10.0. The molecule has 2 atom stereocenters. The summed E-state index contributed by atoms with van der Waals surface area (Å²) in [5.41, 5.74) is 2.49. The van der Waals surface area contributed by atoms with Crippen LogP contribution in [-0.2, 0) is 25.6 Å². The Morgan fingerprint density at radius 2 is 1.97 bits per heavy atom. The van der Waals surface area contributed by atoms with E-state index < -0.39 is 16.8 Å². The summed E-state index contributed by atoms with van der Waals surface area (Å²) in [7, 11) is 0. The van der Waals surface area contributed by atoms with E-state index in [9.17, 15) is 14.9 Å². The largest absolute Gasteiger partial charge is 0.466 e. The lowest BCUT2D eigenvalue weighted by molar-refractivity contribution is -0.483. The van der Waals surface area contributed by atoms with Crippen molar-refractivity contribution in [2.24, 2.45) is 0 Å². The third kappa shape index (κ3) is 8.04. The predicted molar refractivity (Wildman–Crippen MR) is 131 cm³/mol. The van der Waals surface area contributed by atoms with E-state index in [4.69, 9.17) is 18.9 Å². The van der Waals surface area contributed by atoms with Gasteiger partial charge in [-0.3, -0.25) is 14.9 Å². The van der Waals surface area contributed by atoms with Gasteiger partial charge in [-0.1, -0.05) is 38.1 Å². The molecular weight excluding hydrogens is 450 g/mol. The average molecular weight is 486 g/mol. The Balaban J connectivity index is 1.91. The van der Waals surface area contributed by atoms with Crippen LogP contribution in [0, 0.1) is 10.1 Å². The van der Waals surface area contributed by atoms with E-state index in [1.54, 1.807) is 19.1 Å². The third-order valence-electron chi connectivity index (χ3n) is 5.97. The molecule has 3 rings (SSSR count). The van der Waals surface area contributed by atoms with Crippen LogP contribution in [0.4, 0.5) is 0 Å². The van der Waals surface area contributed by atoms with Crippen molar-refractivity contribution in [1.82, 2.24) is 0 Å². The molecule has 0 amide bonds. The highest BCUT2D eigenvalue weighted by molar-refractivity contribution is 5.70. The van der Waals surface area contributed by atoms with Gasteiger partial charge in [0.05, 0.1) is 25.6 Å². The molecule has 0 saturated carbocycles. The van der Waals surface area contributed by atoms with Gasteiger partial charge in [-0.2, -0.15) is 0 Å². The van der Waals surface area contributed by atoms with Crippen molar-refractivity contribution in [2.75, 3.05) is 19.8 Å². The first kappa shape index (κ1) is 26.6. The van der Waals surface area contributed by atoms with E-state index in [-0.39, 0.29) is 38.4 Å². The number of esters is 1. The fraction of sp³-hybridized carbons (Fsp3) is 0.519. The Bertz CT molecular complexity index is 985. The molecule has 0 aliphatic carbocycles. The molecule has 8 nitrogen and oxygen atoms in total. The second kappa shape index (κ2) is 13.2. The Morgan fingerprint density at radius 1 is 1.17 bits per heavy atom. The van der Waals surface area contributed by atoms with E-state index >= 15 is 0 Å². The lowest BCUT2D eigenvalue weighted by atomic mass is 9.91. The summed E-state index contributed by atoms with van der Waals surface area (Å²) in [6.45, 7) is 6.60. The van der Waals surface area contributed by atoms with Crippen LogP contribution >= 0.6 is 0 Å². The van der Waals surface area contributed by atoms with E-state index in [1.165, 1.54) is 0 Å². The Hall–Kier alpha value is -2.97. The maximum atomic E-state index is 12.2. The van der Waals surface area contributed by atoms with Crippen molar-refractivity contribution < 1.29 is 28.7 Å². The summed E-state index contributed by atoms with van der Waals surface area (Å²) in [5.74, 6) is 0.526. The SMILES string of the molecule is CCOC(=O)CC(C[N+](=O)[O-])c1ccc(Oc2ccccc2C(C)C)cc1COC1CCCCO1. The lowest BCUT2D eigenvalue weighted by Gasteiger charge is -2.24. The van der Waals surface area contributed by atoms with E-state index in [0.29, 0.717) is 17.9 Å². The molecule has 0 bridgehead atoms. The molecule has 1 aliphatic rings. The van der Waals surface area contributed by atoms with E-state index in [1.807, 2.05) is 30.3 Å². The van der Waals surface area contributed by atoms with Crippen LogP contribution in [0.25, 0.3) is 0 Å². The quantitative estimate of drug-likeness (QED) is 0.208. The molecule has 0 aromatic heterocycles. The third-order valence-corrected chi connectivity index (χ3v) is 5.97. The standard InChI is InChI=1S/C27H35NO7/c1-4-32-26(29)16-20(17-28(30)31)24-13-12-22(35-25-10-6-5-9-23(25)19(2)3)15-21(24)18-34-27-11-7-8-14-33-27/h5-6,9-10,12-13,15,19-20,27H,4,7-8,11,14,16-18H2,1-3H3. The summed E-state index contributed by atoms with van der Waals surface area (Å²) in [4.78, 5) is 23.2. The van der Waals surface area contributed by atoms with Gasteiger partial charge in [-0.25, -0.2) is 0 Å². The maximum absolute atomic E-state index is 12.2. The smallest absolute Gasteiger partial charge is 0.306 e. The zero-order valence-electron chi connectivity index (χ0n) is 20.7. The number of hydrogen-bond donors (Lipinski definition) is 0. The van der Waals surface area contributed by atoms with Crippen LogP contribution in [-0.4, -0.2) is 36.9 Å². The van der Waals surface area contributed by atoms with Gasteiger partial charge in [0.15, 0.2) is 6.29 Å². The van der Waals surface area contributed by atoms with Crippen LogP contribution < -0.4 is 4.74 Å². The zero-order valence-corrected chi connectivity index (χ0v) is 20.7. The van der Waals surface area contributed by atoms with Gasteiger partial charge in [-0.15, -0.1) is 0 Å². The molecular formula is C27H35NO7. The number of carbonyl (C=O) groups is 1. The van der Waals surface area contributed by atoms with Crippen LogP contribution in [0.3, 0.4) is 0 Å². The Labute approximate surface area is 206 Å². The second-order valence-electron chi connectivity index (χ2n) is 8.98. The average Bonchev–Trinajstić information content (AvgIpc) is 2.83. The van der Waals surface area contributed by atoms with Gasteiger partial charge < -0.3 is 18.9 Å². The predicted octanol–water partition coefficient (Wildman–Crippen LogP) is 5.96. The normalized spacial score (nSPS) is 16.6. The molecule has 2 unspecified atom stereocenters. The molecule has 35 heavy (non-hydrogen) atoms. The first-order valence-electron chi connectivity index (χ1n) is 12.3. The molecule has 8 heteroatoms. The van der Waals surface area contributed by atoms with E-state index in [0.717, 1.165) is 36.1 Å². The van der Waals surface area contributed by atoms with Crippen molar-refractivity contribution >= 4 is 5.97 Å². The molecule has 2 aromatic carbocycles. The number of ether oxygens (including phenoxy) is 4. The molecule has 1 saturated heterocycles. The molecule has 0 radical (unpaired) electrons. The minimum atomic E-state index is -0.646. The minimum Gasteiger partial charge on any atom is -0.466 e. The maximum Gasteiger partial charge on any atom is 0.306 e. The number of benzene rings is 2. The first-order valence-corrected chi connectivity index (χ1v) is 12.3. The number of rotatable bonds is 12. The Morgan fingerprint density at radius 3 is 2.66 bits per heavy atom. The number of hydrogen-bond acceptors (Lipinski definition) is 7.